The lowest BCUT2D eigenvalue weighted by Crippen LogP contribution is -2.19. The zero-order valence-corrected chi connectivity index (χ0v) is 11.4. The zero-order chi connectivity index (χ0) is 13.7. The summed E-state index contributed by atoms with van der Waals surface area (Å²) >= 11 is 0. The molecule has 0 amide bonds. The van der Waals surface area contributed by atoms with Crippen molar-refractivity contribution in [2.24, 2.45) is 0 Å². The highest BCUT2D eigenvalue weighted by Crippen LogP contribution is 2.23. The summed E-state index contributed by atoms with van der Waals surface area (Å²) in [5.74, 6) is -0.305. The minimum atomic E-state index is -0.305. The van der Waals surface area contributed by atoms with Crippen LogP contribution in [0.4, 0.5) is 4.39 Å². The van der Waals surface area contributed by atoms with Gasteiger partial charge in [0.25, 0.3) is 0 Å². The van der Waals surface area contributed by atoms with Crippen molar-refractivity contribution >= 4 is 0 Å². The van der Waals surface area contributed by atoms with E-state index in [1.165, 1.54) is 17.8 Å². The molecule has 0 saturated carbocycles. The fourth-order valence-corrected chi connectivity index (χ4v) is 2.22. The summed E-state index contributed by atoms with van der Waals surface area (Å²) < 4.78 is 13.1. The Morgan fingerprint density at radius 1 is 1.11 bits per heavy atom. The SMILES string of the molecule is CCNC(CC)c1ccc(-c2cncc(F)c2)cc1. The molecule has 0 saturated heterocycles. The lowest BCUT2D eigenvalue weighted by Gasteiger charge is -2.16. The summed E-state index contributed by atoms with van der Waals surface area (Å²) in [7, 11) is 0. The van der Waals surface area contributed by atoms with Crippen LogP contribution in [0.2, 0.25) is 0 Å². The van der Waals surface area contributed by atoms with Crippen LogP contribution in [0.15, 0.2) is 42.7 Å². The number of nitrogens with one attached hydrogen (secondary N) is 1. The van der Waals surface area contributed by atoms with Gasteiger partial charge in [0.1, 0.15) is 5.82 Å². The van der Waals surface area contributed by atoms with Crippen molar-refractivity contribution in [1.29, 1.82) is 0 Å². The van der Waals surface area contributed by atoms with Gasteiger partial charge < -0.3 is 5.32 Å². The number of nitrogens with zero attached hydrogens (tertiary/aromatic N) is 1. The van der Waals surface area contributed by atoms with E-state index in [9.17, 15) is 4.39 Å². The monoisotopic (exact) mass is 258 g/mol. The van der Waals surface area contributed by atoms with Gasteiger partial charge in [-0.05, 0) is 30.2 Å². The average molecular weight is 258 g/mol. The van der Waals surface area contributed by atoms with Gasteiger partial charge in [0.2, 0.25) is 0 Å². The molecule has 0 fully saturated rings. The summed E-state index contributed by atoms with van der Waals surface area (Å²) in [6, 6.07) is 10.1. The lowest BCUT2D eigenvalue weighted by atomic mass is 10.0. The van der Waals surface area contributed by atoms with E-state index in [4.69, 9.17) is 0 Å². The second-order valence-electron chi connectivity index (χ2n) is 4.53. The van der Waals surface area contributed by atoms with Gasteiger partial charge >= 0.3 is 0 Å². The molecule has 1 N–H and O–H groups in total. The molecule has 0 aliphatic carbocycles. The number of hydrogen-bond acceptors (Lipinski definition) is 2. The van der Waals surface area contributed by atoms with Crippen LogP contribution < -0.4 is 5.32 Å². The van der Waals surface area contributed by atoms with Gasteiger partial charge in [0.15, 0.2) is 0 Å². The minimum absolute atomic E-state index is 0.305. The van der Waals surface area contributed by atoms with Crippen molar-refractivity contribution in [3.05, 3.63) is 54.1 Å². The van der Waals surface area contributed by atoms with Crippen molar-refractivity contribution in [3.63, 3.8) is 0 Å². The first-order valence-corrected chi connectivity index (χ1v) is 6.68. The maximum Gasteiger partial charge on any atom is 0.142 e. The Hall–Kier alpha value is -1.74. The third-order valence-electron chi connectivity index (χ3n) is 3.21. The molecule has 1 atom stereocenters. The van der Waals surface area contributed by atoms with Crippen molar-refractivity contribution in [2.45, 2.75) is 26.3 Å². The molecule has 3 heteroatoms. The van der Waals surface area contributed by atoms with E-state index in [2.05, 4.69) is 36.3 Å². The second-order valence-corrected chi connectivity index (χ2v) is 4.53. The Kier molecular flexibility index (Phi) is 4.63. The molecule has 2 aromatic rings. The molecule has 0 spiro atoms. The Morgan fingerprint density at radius 2 is 1.84 bits per heavy atom. The van der Waals surface area contributed by atoms with E-state index in [0.29, 0.717) is 6.04 Å². The molecule has 1 aromatic heterocycles. The molecule has 0 radical (unpaired) electrons. The van der Waals surface area contributed by atoms with Gasteiger partial charge in [-0.2, -0.15) is 0 Å². The summed E-state index contributed by atoms with van der Waals surface area (Å²) in [6.07, 6.45) is 3.95. The van der Waals surface area contributed by atoms with Crippen LogP contribution in [0.5, 0.6) is 0 Å². The van der Waals surface area contributed by atoms with E-state index < -0.39 is 0 Å². The topological polar surface area (TPSA) is 24.9 Å². The molecule has 100 valence electrons. The molecular weight excluding hydrogens is 239 g/mol. The first-order chi connectivity index (χ1) is 9.24. The summed E-state index contributed by atoms with van der Waals surface area (Å²) in [4.78, 5) is 3.88. The molecule has 0 aliphatic rings. The fourth-order valence-electron chi connectivity index (χ4n) is 2.22. The van der Waals surface area contributed by atoms with Gasteiger partial charge in [-0.3, -0.25) is 4.98 Å². The fraction of sp³-hybridized carbons (Fsp3) is 0.312. The predicted octanol–water partition coefficient (Wildman–Crippen LogP) is 3.95. The van der Waals surface area contributed by atoms with Crippen molar-refractivity contribution in [1.82, 2.24) is 10.3 Å². The molecule has 1 unspecified atom stereocenters. The predicted molar refractivity (Wildman–Crippen MR) is 76.3 cm³/mol. The third kappa shape index (κ3) is 3.38. The van der Waals surface area contributed by atoms with E-state index in [1.54, 1.807) is 6.20 Å². The van der Waals surface area contributed by atoms with Crippen LogP contribution in [0.1, 0.15) is 31.9 Å². The smallest absolute Gasteiger partial charge is 0.142 e. The number of rotatable bonds is 5. The van der Waals surface area contributed by atoms with Gasteiger partial charge in [0, 0.05) is 17.8 Å². The first-order valence-electron chi connectivity index (χ1n) is 6.68. The van der Waals surface area contributed by atoms with Crippen molar-refractivity contribution in [3.8, 4) is 11.1 Å². The Morgan fingerprint density at radius 3 is 2.42 bits per heavy atom. The summed E-state index contributed by atoms with van der Waals surface area (Å²) in [5, 5.41) is 3.44. The standard InChI is InChI=1S/C16H19FN2/c1-3-16(19-4-2)13-7-5-12(6-8-13)14-9-15(17)11-18-10-14/h5-11,16,19H,3-4H2,1-2H3. The van der Waals surface area contributed by atoms with Gasteiger partial charge in [-0.15, -0.1) is 0 Å². The maximum absolute atomic E-state index is 13.1. The largest absolute Gasteiger partial charge is 0.310 e. The van der Waals surface area contributed by atoms with Gasteiger partial charge in [-0.25, -0.2) is 4.39 Å². The zero-order valence-electron chi connectivity index (χ0n) is 11.4. The molecule has 0 bridgehead atoms. The Labute approximate surface area is 113 Å². The van der Waals surface area contributed by atoms with Gasteiger partial charge in [-0.1, -0.05) is 38.1 Å². The molecule has 19 heavy (non-hydrogen) atoms. The van der Waals surface area contributed by atoms with E-state index in [1.807, 2.05) is 12.1 Å². The molecule has 2 nitrogen and oxygen atoms in total. The highest BCUT2D eigenvalue weighted by molar-refractivity contribution is 5.62. The van der Waals surface area contributed by atoms with Gasteiger partial charge in [0.05, 0.1) is 6.20 Å². The van der Waals surface area contributed by atoms with Crippen molar-refractivity contribution < 1.29 is 4.39 Å². The number of benzene rings is 1. The van der Waals surface area contributed by atoms with Crippen LogP contribution in [0.3, 0.4) is 0 Å². The molecule has 1 heterocycles. The normalized spacial score (nSPS) is 12.4. The van der Waals surface area contributed by atoms with E-state index in [0.717, 1.165) is 24.1 Å². The number of hydrogen-bond donors (Lipinski definition) is 1. The Bertz CT molecular complexity index is 523. The van der Waals surface area contributed by atoms with Crippen molar-refractivity contribution in [2.75, 3.05) is 6.54 Å². The summed E-state index contributed by atoms with van der Waals surface area (Å²) in [6.45, 7) is 5.22. The molecular formula is C16H19FN2. The highest BCUT2D eigenvalue weighted by Gasteiger charge is 2.07. The average Bonchev–Trinajstić information content (AvgIpc) is 2.45. The van der Waals surface area contributed by atoms with Crippen LogP contribution in [0.25, 0.3) is 11.1 Å². The van der Waals surface area contributed by atoms with Crippen LogP contribution >= 0.6 is 0 Å². The molecule has 0 aliphatic heterocycles. The van der Waals surface area contributed by atoms with Crippen LogP contribution in [0, 0.1) is 5.82 Å². The quantitative estimate of drug-likeness (QED) is 0.878. The number of pyridine rings is 1. The van der Waals surface area contributed by atoms with E-state index >= 15 is 0 Å². The second kappa shape index (κ2) is 6.43. The first kappa shape index (κ1) is 13.7. The minimum Gasteiger partial charge on any atom is -0.310 e. The summed E-state index contributed by atoms with van der Waals surface area (Å²) in [5.41, 5.74) is 3.06. The molecule has 1 aromatic carbocycles. The van der Waals surface area contributed by atoms with Crippen LogP contribution in [-0.4, -0.2) is 11.5 Å². The maximum atomic E-state index is 13.1. The lowest BCUT2D eigenvalue weighted by molar-refractivity contribution is 0.537. The number of aromatic nitrogens is 1. The third-order valence-corrected chi connectivity index (χ3v) is 3.21. The van der Waals surface area contributed by atoms with Crippen LogP contribution in [-0.2, 0) is 0 Å². The Balaban J connectivity index is 2.23. The number of halogens is 1. The van der Waals surface area contributed by atoms with E-state index in [-0.39, 0.29) is 5.82 Å². The molecule has 2 rings (SSSR count). The highest BCUT2D eigenvalue weighted by atomic mass is 19.1.